The van der Waals surface area contributed by atoms with E-state index in [4.69, 9.17) is 4.74 Å². The molecule has 5 nitrogen and oxygen atoms in total. The molecule has 0 unspecified atom stereocenters. The Hall–Kier alpha value is -1.99. The topological polar surface area (TPSA) is 72.5 Å². The first-order valence-electron chi connectivity index (χ1n) is 7.68. The SMILES string of the molecule is CC(=O)NCc1ccc(C(=O)COC(=O)c2cc3c(s2)CCC3)s1. The van der Waals surface area contributed by atoms with Gasteiger partial charge in [-0.15, -0.1) is 22.7 Å². The van der Waals surface area contributed by atoms with Crippen molar-refractivity contribution < 1.29 is 19.1 Å². The highest BCUT2D eigenvalue weighted by atomic mass is 32.1. The van der Waals surface area contributed by atoms with Crippen LogP contribution in [-0.4, -0.2) is 24.3 Å². The molecular formula is C17H17NO4S2. The van der Waals surface area contributed by atoms with E-state index in [1.54, 1.807) is 12.1 Å². The number of aryl methyl sites for hydroxylation is 2. The number of esters is 1. The molecule has 0 spiro atoms. The van der Waals surface area contributed by atoms with Crippen molar-refractivity contribution in [2.75, 3.05) is 6.61 Å². The molecule has 0 saturated carbocycles. The molecule has 24 heavy (non-hydrogen) atoms. The van der Waals surface area contributed by atoms with Crippen molar-refractivity contribution in [2.45, 2.75) is 32.7 Å². The second kappa shape index (κ2) is 7.27. The zero-order valence-electron chi connectivity index (χ0n) is 13.2. The summed E-state index contributed by atoms with van der Waals surface area (Å²) in [5, 5.41) is 2.68. The van der Waals surface area contributed by atoms with Crippen LogP contribution in [0.3, 0.4) is 0 Å². The monoisotopic (exact) mass is 363 g/mol. The maximum atomic E-state index is 12.1. The third-order valence-corrected chi connectivity index (χ3v) is 6.07. The van der Waals surface area contributed by atoms with Crippen molar-refractivity contribution in [1.29, 1.82) is 0 Å². The maximum absolute atomic E-state index is 12.1. The summed E-state index contributed by atoms with van der Waals surface area (Å²) in [5.41, 5.74) is 1.24. The molecule has 3 rings (SSSR count). The highest BCUT2D eigenvalue weighted by Crippen LogP contribution is 2.31. The number of ether oxygens (including phenoxy) is 1. The van der Waals surface area contributed by atoms with Crippen molar-refractivity contribution in [3.05, 3.63) is 43.3 Å². The van der Waals surface area contributed by atoms with Crippen LogP contribution < -0.4 is 5.32 Å². The van der Waals surface area contributed by atoms with Crippen molar-refractivity contribution >= 4 is 40.3 Å². The van der Waals surface area contributed by atoms with Crippen LogP contribution in [0.1, 0.15) is 48.0 Å². The number of thiophene rings is 2. The lowest BCUT2D eigenvalue weighted by Crippen LogP contribution is -2.18. The minimum absolute atomic E-state index is 0.118. The Bertz CT molecular complexity index is 769. The maximum Gasteiger partial charge on any atom is 0.348 e. The van der Waals surface area contributed by atoms with Gasteiger partial charge in [-0.2, -0.15) is 0 Å². The van der Waals surface area contributed by atoms with E-state index in [1.807, 2.05) is 6.07 Å². The molecule has 0 saturated heterocycles. The largest absolute Gasteiger partial charge is 0.453 e. The average molecular weight is 363 g/mol. The highest BCUT2D eigenvalue weighted by molar-refractivity contribution is 7.14. The lowest BCUT2D eigenvalue weighted by atomic mass is 10.2. The number of carbonyl (C=O) groups excluding carboxylic acids is 3. The Balaban J connectivity index is 1.53. The molecule has 126 valence electrons. The standard InChI is InChI=1S/C17H17NO4S2/c1-10(19)18-8-12-5-6-15(23-12)13(20)9-22-17(21)16-7-11-3-2-4-14(11)24-16/h5-7H,2-4,8-9H2,1H3,(H,18,19). The third-order valence-electron chi connectivity index (χ3n) is 3.73. The zero-order valence-corrected chi connectivity index (χ0v) is 14.9. The van der Waals surface area contributed by atoms with Gasteiger partial charge in [0.25, 0.3) is 0 Å². The average Bonchev–Trinajstić information content (AvgIpc) is 3.24. The molecular weight excluding hydrogens is 346 g/mol. The first-order valence-corrected chi connectivity index (χ1v) is 9.31. The quantitative estimate of drug-likeness (QED) is 0.633. The molecule has 0 atom stereocenters. The van der Waals surface area contributed by atoms with Crippen molar-refractivity contribution in [3.8, 4) is 0 Å². The number of rotatable bonds is 6. The molecule has 1 aliphatic rings. The molecule has 0 aliphatic heterocycles. The van der Waals surface area contributed by atoms with Gasteiger partial charge in [0.2, 0.25) is 11.7 Å². The van der Waals surface area contributed by atoms with Crippen LogP contribution in [0.2, 0.25) is 0 Å². The van der Waals surface area contributed by atoms with Crippen LogP contribution >= 0.6 is 22.7 Å². The van der Waals surface area contributed by atoms with E-state index in [0.717, 1.165) is 24.1 Å². The van der Waals surface area contributed by atoms with Crippen LogP contribution in [0.25, 0.3) is 0 Å². The van der Waals surface area contributed by atoms with E-state index in [9.17, 15) is 14.4 Å². The summed E-state index contributed by atoms with van der Waals surface area (Å²) >= 11 is 2.76. The van der Waals surface area contributed by atoms with Gasteiger partial charge in [-0.1, -0.05) is 0 Å². The summed E-state index contributed by atoms with van der Waals surface area (Å²) in [4.78, 5) is 38.3. The van der Waals surface area contributed by atoms with Crippen LogP contribution in [0.4, 0.5) is 0 Å². The molecule has 0 bridgehead atoms. The lowest BCUT2D eigenvalue weighted by Gasteiger charge is -2.01. The molecule has 2 heterocycles. The van der Waals surface area contributed by atoms with Gasteiger partial charge >= 0.3 is 5.97 Å². The Kier molecular flexibility index (Phi) is 5.11. The van der Waals surface area contributed by atoms with Gasteiger partial charge in [0.05, 0.1) is 11.4 Å². The number of hydrogen-bond donors (Lipinski definition) is 1. The fourth-order valence-corrected chi connectivity index (χ4v) is 4.56. The third kappa shape index (κ3) is 3.91. The second-order valence-corrected chi connectivity index (χ2v) is 7.89. The first kappa shape index (κ1) is 16.9. The molecule has 1 N–H and O–H groups in total. The molecule has 1 amide bonds. The van der Waals surface area contributed by atoms with E-state index < -0.39 is 5.97 Å². The smallest absolute Gasteiger partial charge is 0.348 e. The van der Waals surface area contributed by atoms with Gasteiger partial charge < -0.3 is 10.1 Å². The van der Waals surface area contributed by atoms with Gasteiger partial charge in [0.1, 0.15) is 4.88 Å². The van der Waals surface area contributed by atoms with Gasteiger partial charge in [-0.25, -0.2) is 4.79 Å². The Morgan fingerprint density at radius 3 is 2.75 bits per heavy atom. The van der Waals surface area contributed by atoms with Crippen LogP contribution in [0, 0.1) is 0 Å². The molecule has 7 heteroatoms. The van der Waals surface area contributed by atoms with Crippen LogP contribution in [0.5, 0.6) is 0 Å². The predicted molar refractivity (Wildman–Crippen MR) is 92.8 cm³/mol. The predicted octanol–water partition coefficient (Wildman–Crippen LogP) is 2.97. The molecule has 0 fully saturated rings. The van der Waals surface area contributed by atoms with Crippen LogP contribution in [0.15, 0.2) is 18.2 Å². The van der Waals surface area contributed by atoms with Crippen molar-refractivity contribution in [3.63, 3.8) is 0 Å². The molecule has 1 aliphatic carbocycles. The molecule has 2 aromatic rings. The summed E-state index contributed by atoms with van der Waals surface area (Å²) in [5.74, 6) is -0.780. The molecule has 2 aromatic heterocycles. The number of hydrogen-bond acceptors (Lipinski definition) is 6. The molecule has 0 aromatic carbocycles. The van der Waals surface area contributed by atoms with E-state index in [1.165, 1.54) is 40.0 Å². The van der Waals surface area contributed by atoms with E-state index in [-0.39, 0.29) is 18.3 Å². The van der Waals surface area contributed by atoms with Gasteiger partial charge in [-0.05, 0) is 43.0 Å². The van der Waals surface area contributed by atoms with Crippen LogP contribution in [-0.2, 0) is 28.9 Å². The lowest BCUT2D eigenvalue weighted by molar-refractivity contribution is -0.119. The minimum Gasteiger partial charge on any atom is -0.453 e. The highest BCUT2D eigenvalue weighted by Gasteiger charge is 2.20. The molecule has 0 radical (unpaired) electrons. The Morgan fingerprint density at radius 1 is 1.17 bits per heavy atom. The van der Waals surface area contributed by atoms with Crippen molar-refractivity contribution in [1.82, 2.24) is 5.32 Å². The summed E-state index contributed by atoms with van der Waals surface area (Å²) in [6.45, 7) is 1.58. The number of nitrogens with one attached hydrogen (secondary N) is 1. The Labute approximate surface area is 147 Å². The zero-order chi connectivity index (χ0) is 17.1. The normalized spacial score (nSPS) is 12.7. The summed E-state index contributed by atoms with van der Waals surface area (Å²) in [7, 11) is 0. The number of Topliss-reactive ketones (excluding diaryl/α,β-unsaturated/α-hetero) is 1. The summed E-state index contributed by atoms with van der Waals surface area (Å²) in [6, 6.07) is 5.37. The summed E-state index contributed by atoms with van der Waals surface area (Å²) in [6.07, 6.45) is 3.19. The van der Waals surface area contributed by atoms with E-state index in [2.05, 4.69) is 5.32 Å². The summed E-state index contributed by atoms with van der Waals surface area (Å²) < 4.78 is 5.15. The number of amides is 1. The Morgan fingerprint density at radius 2 is 2.00 bits per heavy atom. The second-order valence-electron chi connectivity index (χ2n) is 5.59. The van der Waals surface area contributed by atoms with Gasteiger partial charge in [0, 0.05) is 16.7 Å². The van der Waals surface area contributed by atoms with E-state index >= 15 is 0 Å². The first-order chi connectivity index (χ1) is 11.5. The fourth-order valence-electron chi connectivity index (χ4n) is 2.54. The minimum atomic E-state index is -0.433. The fraction of sp³-hybridized carbons (Fsp3) is 0.353. The van der Waals surface area contributed by atoms with E-state index in [0.29, 0.717) is 16.3 Å². The van der Waals surface area contributed by atoms with Gasteiger partial charge in [-0.3, -0.25) is 9.59 Å². The number of carbonyl (C=O) groups is 3. The van der Waals surface area contributed by atoms with Gasteiger partial charge in [0.15, 0.2) is 6.61 Å². The van der Waals surface area contributed by atoms with Crippen molar-refractivity contribution in [2.24, 2.45) is 0 Å². The number of fused-ring (bicyclic) bond motifs is 1. The number of ketones is 1.